The zero-order valence-electron chi connectivity index (χ0n) is 12.5. The third kappa shape index (κ3) is 6.83. The lowest BCUT2D eigenvalue weighted by Gasteiger charge is -2.05. The first kappa shape index (κ1) is 17.6. The van der Waals surface area contributed by atoms with E-state index in [0.717, 1.165) is 25.7 Å². The molecule has 0 radical (unpaired) electrons. The van der Waals surface area contributed by atoms with Gasteiger partial charge < -0.3 is 10.1 Å². The van der Waals surface area contributed by atoms with Gasteiger partial charge in [-0.2, -0.15) is 0 Å². The third-order valence-electron chi connectivity index (χ3n) is 3.12. The predicted octanol–water partition coefficient (Wildman–Crippen LogP) is 3.05. The van der Waals surface area contributed by atoms with Crippen molar-refractivity contribution in [2.75, 3.05) is 12.4 Å². The minimum atomic E-state index is -0.486. The number of nitrogens with zero attached hydrogens (tertiary/aromatic N) is 1. The maximum Gasteiger partial charge on any atom is 0.305 e. The van der Waals surface area contributed by atoms with Crippen LogP contribution in [0.25, 0.3) is 0 Å². The number of nitro benzene ring substituents is 1. The maximum absolute atomic E-state index is 11.7. The van der Waals surface area contributed by atoms with Crippen molar-refractivity contribution in [1.29, 1.82) is 0 Å². The van der Waals surface area contributed by atoms with E-state index >= 15 is 0 Å². The Morgan fingerprint density at radius 3 is 2.23 bits per heavy atom. The highest BCUT2D eigenvalue weighted by molar-refractivity contribution is 5.90. The number of unbranched alkanes of at least 4 members (excludes halogenated alkanes) is 3. The zero-order valence-corrected chi connectivity index (χ0v) is 12.5. The Hall–Kier alpha value is -2.44. The Labute approximate surface area is 128 Å². The molecule has 1 aromatic carbocycles. The summed E-state index contributed by atoms with van der Waals surface area (Å²) >= 11 is 0. The number of esters is 1. The van der Waals surface area contributed by atoms with Crippen molar-refractivity contribution in [2.24, 2.45) is 0 Å². The summed E-state index contributed by atoms with van der Waals surface area (Å²) in [6, 6.07) is 5.71. The Bertz CT molecular complexity index is 513. The van der Waals surface area contributed by atoms with Crippen LogP contribution in [0.2, 0.25) is 0 Å². The topological polar surface area (TPSA) is 98.5 Å². The van der Waals surface area contributed by atoms with Gasteiger partial charge in [0.05, 0.1) is 12.0 Å². The van der Waals surface area contributed by atoms with Gasteiger partial charge in [0.15, 0.2) is 0 Å². The molecule has 0 saturated carbocycles. The molecule has 1 amide bonds. The number of rotatable bonds is 9. The van der Waals surface area contributed by atoms with Crippen LogP contribution in [0.5, 0.6) is 0 Å². The minimum Gasteiger partial charge on any atom is -0.469 e. The van der Waals surface area contributed by atoms with E-state index in [1.54, 1.807) is 0 Å². The fourth-order valence-electron chi connectivity index (χ4n) is 1.90. The van der Waals surface area contributed by atoms with Gasteiger partial charge in [-0.3, -0.25) is 19.7 Å². The molecule has 0 aliphatic rings. The summed E-state index contributed by atoms with van der Waals surface area (Å²) in [7, 11) is 1.37. The lowest BCUT2D eigenvalue weighted by atomic mass is 10.1. The molecule has 0 heterocycles. The first-order valence-corrected chi connectivity index (χ1v) is 7.14. The van der Waals surface area contributed by atoms with Gasteiger partial charge in [-0.25, -0.2) is 0 Å². The van der Waals surface area contributed by atoms with Crippen molar-refractivity contribution in [3.63, 3.8) is 0 Å². The van der Waals surface area contributed by atoms with Crippen LogP contribution in [0.4, 0.5) is 11.4 Å². The van der Waals surface area contributed by atoms with Gasteiger partial charge in [0.25, 0.3) is 5.69 Å². The second-order valence-corrected chi connectivity index (χ2v) is 4.84. The highest BCUT2D eigenvalue weighted by Gasteiger charge is 2.06. The highest BCUT2D eigenvalue weighted by Crippen LogP contribution is 2.16. The molecule has 0 aromatic heterocycles. The number of methoxy groups -OCH3 is 1. The molecule has 1 N–H and O–H groups in total. The van der Waals surface area contributed by atoms with Gasteiger partial charge in [0.2, 0.25) is 5.91 Å². The van der Waals surface area contributed by atoms with Crippen LogP contribution >= 0.6 is 0 Å². The van der Waals surface area contributed by atoms with Gasteiger partial charge in [0, 0.05) is 30.7 Å². The Morgan fingerprint density at radius 2 is 1.68 bits per heavy atom. The fourth-order valence-corrected chi connectivity index (χ4v) is 1.90. The molecule has 0 bridgehead atoms. The average molecular weight is 308 g/mol. The summed E-state index contributed by atoms with van der Waals surface area (Å²) in [5.41, 5.74) is 0.532. The second-order valence-electron chi connectivity index (χ2n) is 4.84. The fraction of sp³-hybridized carbons (Fsp3) is 0.467. The monoisotopic (exact) mass is 308 g/mol. The third-order valence-corrected chi connectivity index (χ3v) is 3.12. The molecule has 0 atom stereocenters. The van der Waals surface area contributed by atoms with E-state index in [9.17, 15) is 19.7 Å². The van der Waals surface area contributed by atoms with Crippen LogP contribution in [0.1, 0.15) is 38.5 Å². The first-order valence-electron chi connectivity index (χ1n) is 7.14. The predicted molar refractivity (Wildman–Crippen MR) is 81.4 cm³/mol. The molecule has 1 aromatic rings. The summed E-state index contributed by atoms with van der Waals surface area (Å²) in [5.74, 6) is -0.335. The maximum atomic E-state index is 11.7. The number of ether oxygens (including phenoxy) is 1. The van der Waals surface area contributed by atoms with Gasteiger partial charge in [-0.05, 0) is 25.0 Å². The summed E-state index contributed by atoms with van der Waals surface area (Å²) in [4.78, 5) is 32.6. The van der Waals surface area contributed by atoms with Gasteiger partial charge >= 0.3 is 5.97 Å². The summed E-state index contributed by atoms with van der Waals surface area (Å²) in [6.07, 6.45) is 4.03. The number of benzene rings is 1. The van der Waals surface area contributed by atoms with Gasteiger partial charge in [0.1, 0.15) is 0 Å². The van der Waals surface area contributed by atoms with E-state index in [0.29, 0.717) is 18.5 Å². The molecule has 0 saturated heterocycles. The van der Waals surface area contributed by atoms with Crippen LogP contribution in [-0.4, -0.2) is 23.9 Å². The lowest BCUT2D eigenvalue weighted by Crippen LogP contribution is -2.11. The van der Waals surface area contributed by atoms with Crippen molar-refractivity contribution in [3.8, 4) is 0 Å². The van der Waals surface area contributed by atoms with Crippen LogP contribution in [-0.2, 0) is 14.3 Å². The molecule has 22 heavy (non-hydrogen) atoms. The summed E-state index contributed by atoms with van der Waals surface area (Å²) in [6.45, 7) is 0. The molecular weight excluding hydrogens is 288 g/mol. The van der Waals surface area contributed by atoms with Crippen molar-refractivity contribution >= 4 is 23.3 Å². The normalized spacial score (nSPS) is 10.0. The Balaban J connectivity index is 2.18. The molecule has 1 rings (SSSR count). The number of anilines is 1. The van der Waals surface area contributed by atoms with Crippen molar-refractivity contribution in [3.05, 3.63) is 34.4 Å². The number of nitrogens with one attached hydrogen (secondary N) is 1. The molecule has 0 fully saturated rings. The van der Waals surface area contributed by atoms with Crippen LogP contribution in [0.15, 0.2) is 24.3 Å². The van der Waals surface area contributed by atoms with E-state index in [2.05, 4.69) is 10.1 Å². The number of non-ortho nitro benzene ring substituents is 1. The average Bonchev–Trinajstić information content (AvgIpc) is 2.50. The molecule has 0 unspecified atom stereocenters. The summed E-state index contributed by atoms with van der Waals surface area (Å²) in [5, 5.41) is 13.2. The largest absolute Gasteiger partial charge is 0.469 e. The number of carbonyl (C=O) groups excluding carboxylic acids is 2. The molecule has 7 nitrogen and oxygen atoms in total. The van der Waals surface area contributed by atoms with E-state index < -0.39 is 4.92 Å². The van der Waals surface area contributed by atoms with E-state index in [-0.39, 0.29) is 17.6 Å². The van der Waals surface area contributed by atoms with Crippen molar-refractivity contribution in [2.45, 2.75) is 38.5 Å². The van der Waals surface area contributed by atoms with E-state index in [4.69, 9.17) is 0 Å². The standard InChI is InChI=1S/C15H20N2O5/c1-22-15(19)7-5-3-2-4-6-14(18)16-12-8-10-13(11-9-12)17(20)21/h8-11H,2-7H2,1H3,(H,16,18). The number of hydrogen-bond donors (Lipinski definition) is 1. The number of nitro groups is 1. The number of hydrogen-bond acceptors (Lipinski definition) is 5. The van der Waals surface area contributed by atoms with Crippen LogP contribution < -0.4 is 5.32 Å². The van der Waals surface area contributed by atoms with E-state index in [1.165, 1.54) is 31.4 Å². The summed E-state index contributed by atoms with van der Waals surface area (Å²) < 4.78 is 4.54. The smallest absolute Gasteiger partial charge is 0.305 e. The number of amides is 1. The van der Waals surface area contributed by atoms with Crippen LogP contribution in [0, 0.1) is 10.1 Å². The van der Waals surface area contributed by atoms with Crippen molar-refractivity contribution < 1.29 is 19.2 Å². The lowest BCUT2D eigenvalue weighted by molar-refractivity contribution is -0.384. The molecular formula is C15H20N2O5. The minimum absolute atomic E-state index is 0.0106. The Morgan fingerprint density at radius 1 is 1.09 bits per heavy atom. The van der Waals surface area contributed by atoms with Crippen molar-refractivity contribution in [1.82, 2.24) is 0 Å². The zero-order chi connectivity index (χ0) is 16.4. The molecule has 0 spiro atoms. The SMILES string of the molecule is COC(=O)CCCCCCC(=O)Nc1ccc([N+](=O)[O-])cc1. The highest BCUT2D eigenvalue weighted by atomic mass is 16.6. The van der Waals surface area contributed by atoms with Crippen LogP contribution in [0.3, 0.4) is 0 Å². The van der Waals surface area contributed by atoms with Gasteiger partial charge in [-0.15, -0.1) is 0 Å². The first-order chi connectivity index (χ1) is 10.5. The molecule has 0 aliphatic heterocycles. The molecule has 120 valence electrons. The number of carbonyl (C=O) groups is 2. The Kier molecular flexibility index (Phi) is 7.60. The van der Waals surface area contributed by atoms with Gasteiger partial charge in [-0.1, -0.05) is 12.8 Å². The van der Waals surface area contributed by atoms with E-state index in [1.807, 2.05) is 0 Å². The second kappa shape index (κ2) is 9.49. The molecule has 0 aliphatic carbocycles. The quantitative estimate of drug-likeness (QED) is 0.327. The molecule has 7 heteroatoms.